The Bertz CT molecular complexity index is 408. The van der Waals surface area contributed by atoms with Gasteiger partial charge in [0.05, 0.1) is 10.7 Å². The molecule has 0 aliphatic carbocycles. The molecule has 0 saturated carbocycles. The van der Waals surface area contributed by atoms with Crippen molar-refractivity contribution in [2.24, 2.45) is 5.92 Å². The highest BCUT2D eigenvalue weighted by molar-refractivity contribution is 6.31. The van der Waals surface area contributed by atoms with Crippen molar-refractivity contribution in [3.8, 4) is 0 Å². The van der Waals surface area contributed by atoms with Crippen LogP contribution >= 0.6 is 11.6 Å². The molecule has 1 saturated heterocycles. The molecule has 1 fully saturated rings. The van der Waals surface area contributed by atoms with Crippen LogP contribution in [-0.2, 0) is 6.54 Å². The van der Waals surface area contributed by atoms with Crippen LogP contribution in [0.1, 0.15) is 32.9 Å². The number of hydrogen-bond donors (Lipinski definition) is 1. The highest BCUT2D eigenvalue weighted by Gasteiger charge is 2.27. The number of pyridine rings is 1. The molecule has 2 unspecified atom stereocenters. The molecule has 0 bridgehead atoms. The van der Waals surface area contributed by atoms with Crippen LogP contribution in [0.2, 0.25) is 5.02 Å². The fraction of sp³-hybridized carbons (Fsp3) is 0.643. The van der Waals surface area contributed by atoms with Crippen LogP contribution in [-0.4, -0.2) is 24.1 Å². The van der Waals surface area contributed by atoms with Gasteiger partial charge in [0.15, 0.2) is 0 Å². The predicted octanol–water partition coefficient (Wildman–Crippen LogP) is 3.08. The Morgan fingerprint density at radius 2 is 2.22 bits per heavy atom. The number of nitrogens with zero attached hydrogens (tertiary/aromatic N) is 2. The first-order valence-electron chi connectivity index (χ1n) is 6.74. The summed E-state index contributed by atoms with van der Waals surface area (Å²) in [6.07, 6.45) is 1.24. The molecular weight excluding hydrogens is 246 g/mol. The van der Waals surface area contributed by atoms with Gasteiger partial charge < -0.3 is 10.2 Å². The summed E-state index contributed by atoms with van der Waals surface area (Å²) in [4.78, 5) is 7.09. The second-order valence-electron chi connectivity index (χ2n) is 5.22. The molecule has 1 aliphatic heterocycles. The standard InChI is InChI=1S/C14H22ClN3/c1-4-16-8-13-12(15)5-6-14(17-13)18-9-10(2)7-11(18)3/h5-6,10-11,16H,4,7-9H2,1-3H3. The van der Waals surface area contributed by atoms with E-state index >= 15 is 0 Å². The quantitative estimate of drug-likeness (QED) is 0.909. The normalized spacial score (nSPS) is 23.7. The van der Waals surface area contributed by atoms with Gasteiger partial charge in [-0.2, -0.15) is 0 Å². The van der Waals surface area contributed by atoms with Crippen LogP contribution in [0.5, 0.6) is 0 Å². The Balaban J connectivity index is 2.18. The first kappa shape index (κ1) is 13.6. The van der Waals surface area contributed by atoms with Gasteiger partial charge in [0.25, 0.3) is 0 Å². The van der Waals surface area contributed by atoms with E-state index in [-0.39, 0.29) is 0 Å². The number of rotatable bonds is 4. The second kappa shape index (κ2) is 5.89. The van der Waals surface area contributed by atoms with Crippen molar-refractivity contribution in [2.45, 2.75) is 39.8 Å². The Morgan fingerprint density at radius 3 is 2.83 bits per heavy atom. The summed E-state index contributed by atoms with van der Waals surface area (Å²) in [5, 5.41) is 4.03. The van der Waals surface area contributed by atoms with E-state index in [1.165, 1.54) is 6.42 Å². The Kier molecular flexibility index (Phi) is 4.46. The third kappa shape index (κ3) is 2.96. The van der Waals surface area contributed by atoms with Crippen molar-refractivity contribution in [3.05, 3.63) is 22.8 Å². The molecule has 2 heterocycles. The number of halogens is 1. The molecule has 0 radical (unpaired) electrons. The average Bonchev–Trinajstić information content (AvgIpc) is 2.67. The Morgan fingerprint density at radius 1 is 1.44 bits per heavy atom. The van der Waals surface area contributed by atoms with Gasteiger partial charge in [-0.25, -0.2) is 4.98 Å². The van der Waals surface area contributed by atoms with E-state index in [0.717, 1.165) is 42.1 Å². The van der Waals surface area contributed by atoms with Crippen LogP contribution < -0.4 is 10.2 Å². The Hall–Kier alpha value is -0.800. The van der Waals surface area contributed by atoms with Crippen LogP contribution in [0, 0.1) is 5.92 Å². The zero-order valence-corrected chi connectivity index (χ0v) is 12.2. The minimum atomic E-state index is 0.570. The van der Waals surface area contributed by atoms with Crippen LogP contribution in [0.15, 0.2) is 12.1 Å². The summed E-state index contributed by atoms with van der Waals surface area (Å²) in [6.45, 7) is 9.41. The van der Waals surface area contributed by atoms with E-state index in [1.807, 2.05) is 12.1 Å². The second-order valence-corrected chi connectivity index (χ2v) is 5.63. The lowest BCUT2D eigenvalue weighted by molar-refractivity contribution is 0.625. The van der Waals surface area contributed by atoms with Crippen LogP contribution in [0.4, 0.5) is 5.82 Å². The van der Waals surface area contributed by atoms with Gasteiger partial charge in [-0.15, -0.1) is 0 Å². The summed E-state index contributed by atoms with van der Waals surface area (Å²) in [5.74, 6) is 1.80. The molecule has 2 rings (SSSR count). The largest absolute Gasteiger partial charge is 0.354 e. The van der Waals surface area contributed by atoms with Gasteiger partial charge in [0.1, 0.15) is 5.82 Å². The van der Waals surface area contributed by atoms with E-state index in [2.05, 4.69) is 31.0 Å². The first-order chi connectivity index (χ1) is 8.61. The van der Waals surface area contributed by atoms with Crippen molar-refractivity contribution in [1.82, 2.24) is 10.3 Å². The highest BCUT2D eigenvalue weighted by atomic mass is 35.5. The molecule has 4 heteroatoms. The fourth-order valence-corrected chi connectivity index (χ4v) is 2.79. The summed E-state index contributed by atoms with van der Waals surface area (Å²) >= 11 is 6.18. The molecule has 100 valence electrons. The van der Waals surface area contributed by atoms with E-state index in [1.54, 1.807) is 0 Å². The van der Waals surface area contributed by atoms with Crippen molar-refractivity contribution >= 4 is 17.4 Å². The maximum Gasteiger partial charge on any atom is 0.129 e. The molecule has 1 aliphatic rings. The van der Waals surface area contributed by atoms with Crippen LogP contribution in [0.3, 0.4) is 0 Å². The molecule has 0 aromatic carbocycles. The summed E-state index contributed by atoms with van der Waals surface area (Å²) in [5.41, 5.74) is 0.947. The fourth-order valence-electron chi connectivity index (χ4n) is 2.62. The number of nitrogens with one attached hydrogen (secondary N) is 1. The van der Waals surface area contributed by atoms with E-state index in [9.17, 15) is 0 Å². The summed E-state index contributed by atoms with van der Waals surface area (Å²) < 4.78 is 0. The maximum absolute atomic E-state index is 6.18. The van der Waals surface area contributed by atoms with Crippen molar-refractivity contribution in [3.63, 3.8) is 0 Å². The molecule has 18 heavy (non-hydrogen) atoms. The molecule has 3 nitrogen and oxygen atoms in total. The van der Waals surface area contributed by atoms with Crippen molar-refractivity contribution in [1.29, 1.82) is 0 Å². The van der Waals surface area contributed by atoms with Gasteiger partial charge in [0.2, 0.25) is 0 Å². The van der Waals surface area contributed by atoms with Crippen molar-refractivity contribution < 1.29 is 0 Å². The van der Waals surface area contributed by atoms with Crippen molar-refractivity contribution in [2.75, 3.05) is 18.0 Å². The van der Waals surface area contributed by atoms with Crippen LogP contribution in [0.25, 0.3) is 0 Å². The topological polar surface area (TPSA) is 28.2 Å². The molecule has 1 aromatic rings. The Labute approximate surface area is 115 Å². The van der Waals surface area contributed by atoms with Gasteiger partial charge in [-0.05, 0) is 37.9 Å². The average molecular weight is 268 g/mol. The minimum absolute atomic E-state index is 0.570. The van der Waals surface area contributed by atoms with Gasteiger partial charge in [-0.1, -0.05) is 25.4 Å². The van der Waals surface area contributed by atoms with Gasteiger partial charge in [0, 0.05) is 19.1 Å². The molecule has 2 atom stereocenters. The maximum atomic E-state index is 6.18. The monoisotopic (exact) mass is 267 g/mol. The molecule has 1 N–H and O–H groups in total. The molecule has 1 aromatic heterocycles. The zero-order valence-electron chi connectivity index (χ0n) is 11.4. The van der Waals surface area contributed by atoms with E-state index in [4.69, 9.17) is 16.6 Å². The number of anilines is 1. The van der Waals surface area contributed by atoms with E-state index < -0.39 is 0 Å². The minimum Gasteiger partial charge on any atom is -0.354 e. The SMILES string of the molecule is CCNCc1nc(N2CC(C)CC2C)ccc1Cl. The predicted molar refractivity (Wildman–Crippen MR) is 77.2 cm³/mol. The third-order valence-electron chi connectivity index (χ3n) is 3.52. The third-order valence-corrected chi connectivity index (χ3v) is 3.87. The zero-order chi connectivity index (χ0) is 13.1. The lowest BCUT2D eigenvalue weighted by Crippen LogP contribution is -2.28. The van der Waals surface area contributed by atoms with Gasteiger partial charge >= 0.3 is 0 Å². The molecule has 0 amide bonds. The molecule has 0 spiro atoms. The van der Waals surface area contributed by atoms with E-state index in [0.29, 0.717) is 6.04 Å². The first-order valence-corrected chi connectivity index (χ1v) is 7.12. The smallest absolute Gasteiger partial charge is 0.129 e. The lowest BCUT2D eigenvalue weighted by Gasteiger charge is -2.23. The number of hydrogen-bond acceptors (Lipinski definition) is 3. The molecular formula is C14H22ClN3. The lowest BCUT2D eigenvalue weighted by atomic mass is 10.1. The van der Waals surface area contributed by atoms with Gasteiger partial charge in [-0.3, -0.25) is 0 Å². The highest BCUT2D eigenvalue weighted by Crippen LogP contribution is 2.28. The summed E-state index contributed by atoms with van der Waals surface area (Å²) in [7, 11) is 0. The summed E-state index contributed by atoms with van der Waals surface area (Å²) in [6, 6.07) is 4.57. The number of aromatic nitrogens is 1.